The molecule has 3 aromatic rings. The third-order valence-corrected chi connectivity index (χ3v) is 6.43. The van der Waals surface area contributed by atoms with Crippen molar-refractivity contribution in [2.24, 2.45) is 5.92 Å². The van der Waals surface area contributed by atoms with Gasteiger partial charge >= 0.3 is 0 Å². The number of carbonyl (C=O) groups excluding carboxylic acids is 1. The summed E-state index contributed by atoms with van der Waals surface area (Å²) in [7, 11) is 0. The lowest BCUT2D eigenvalue weighted by Crippen LogP contribution is -2.53. The molecule has 1 atom stereocenters. The van der Waals surface area contributed by atoms with Crippen LogP contribution in [0.1, 0.15) is 30.4 Å². The van der Waals surface area contributed by atoms with Crippen molar-refractivity contribution in [2.45, 2.75) is 25.4 Å². The highest BCUT2D eigenvalue weighted by atomic mass is 32.1. The first kappa shape index (κ1) is 17.6. The normalized spacial score (nSPS) is 22.4. The van der Waals surface area contributed by atoms with E-state index in [-0.39, 0.29) is 17.3 Å². The van der Waals surface area contributed by atoms with Gasteiger partial charge in [-0.05, 0) is 49.3 Å². The molecule has 1 amide bonds. The van der Waals surface area contributed by atoms with E-state index in [2.05, 4.69) is 17.0 Å². The van der Waals surface area contributed by atoms with E-state index in [1.165, 1.54) is 12.8 Å². The van der Waals surface area contributed by atoms with E-state index >= 15 is 0 Å². The van der Waals surface area contributed by atoms with E-state index < -0.39 is 0 Å². The number of benzene rings is 1. The minimum Gasteiger partial charge on any atom is -0.371 e. The summed E-state index contributed by atoms with van der Waals surface area (Å²) in [6.07, 6.45) is 2.36. The topological polar surface area (TPSA) is 60.2 Å². The van der Waals surface area contributed by atoms with Crippen molar-refractivity contribution in [3.63, 3.8) is 0 Å². The Bertz CT molecular complexity index is 981. The first-order valence-corrected chi connectivity index (χ1v) is 10.5. The maximum absolute atomic E-state index is 13.2. The van der Waals surface area contributed by atoms with Crippen LogP contribution in [0.3, 0.4) is 0 Å². The molecule has 1 saturated heterocycles. The van der Waals surface area contributed by atoms with Crippen LogP contribution in [0.5, 0.6) is 0 Å². The number of hydrogen-bond donors (Lipinski definition) is 0. The summed E-state index contributed by atoms with van der Waals surface area (Å²) in [5.74, 6) is 1.37. The van der Waals surface area contributed by atoms with Crippen LogP contribution in [-0.2, 0) is 4.74 Å². The number of rotatable bonds is 4. The highest BCUT2D eigenvalue weighted by Crippen LogP contribution is 2.43. The minimum atomic E-state index is -0.244. The van der Waals surface area contributed by atoms with Crippen molar-refractivity contribution in [1.29, 1.82) is 0 Å². The van der Waals surface area contributed by atoms with Gasteiger partial charge in [-0.25, -0.2) is 9.67 Å². The van der Waals surface area contributed by atoms with E-state index in [0.29, 0.717) is 31.4 Å². The predicted octanol–water partition coefficient (Wildman–Crippen LogP) is 3.64. The van der Waals surface area contributed by atoms with Gasteiger partial charge in [-0.1, -0.05) is 24.3 Å². The average molecular weight is 395 g/mol. The summed E-state index contributed by atoms with van der Waals surface area (Å²) in [4.78, 5) is 20.7. The van der Waals surface area contributed by atoms with Gasteiger partial charge in [0.05, 0.1) is 29.3 Å². The maximum Gasteiger partial charge on any atom is 0.293 e. The van der Waals surface area contributed by atoms with Gasteiger partial charge in [-0.15, -0.1) is 16.4 Å². The molecule has 2 aliphatic rings. The molecule has 5 rings (SSSR count). The zero-order chi connectivity index (χ0) is 19.1. The number of morpholine rings is 1. The van der Waals surface area contributed by atoms with Crippen LogP contribution in [0.25, 0.3) is 16.4 Å². The predicted molar refractivity (Wildman–Crippen MR) is 108 cm³/mol. The van der Waals surface area contributed by atoms with E-state index in [9.17, 15) is 4.79 Å². The molecule has 0 bridgehead atoms. The maximum atomic E-state index is 13.2. The molecule has 2 aromatic heterocycles. The summed E-state index contributed by atoms with van der Waals surface area (Å²) < 4.78 is 7.79. The zero-order valence-corrected chi connectivity index (χ0v) is 16.6. The smallest absolute Gasteiger partial charge is 0.293 e. The Labute approximate surface area is 167 Å². The minimum absolute atomic E-state index is 0.123. The Morgan fingerprint density at radius 2 is 2.04 bits per heavy atom. The van der Waals surface area contributed by atoms with Gasteiger partial charge in [0.15, 0.2) is 5.82 Å². The largest absolute Gasteiger partial charge is 0.371 e. The van der Waals surface area contributed by atoms with Crippen molar-refractivity contribution in [3.05, 3.63) is 53.7 Å². The number of para-hydroxylation sites is 1. The van der Waals surface area contributed by atoms with Gasteiger partial charge in [-0.2, -0.15) is 0 Å². The lowest BCUT2D eigenvalue weighted by molar-refractivity contribution is -0.101. The van der Waals surface area contributed by atoms with Gasteiger partial charge in [-0.3, -0.25) is 4.79 Å². The van der Waals surface area contributed by atoms with Crippen molar-refractivity contribution in [1.82, 2.24) is 19.7 Å². The van der Waals surface area contributed by atoms with Crippen LogP contribution in [0.4, 0.5) is 0 Å². The number of thiophene rings is 1. The molecule has 2 fully saturated rings. The van der Waals surface area contributed by atoms with Gasteiger partial charge in [0, 0.05) is 6.54 Å². The Balaban J connectivity index is 1.49. The highest BCUT2D eigenvalue weighted by molar-refractivity contribution is 7.13. The zero-order valence-electron chi connectivity index (χ0n) is 15.7. The molecule has 0 spiro atoms. The van der Waals surface area contributed by atoms with Crippen LogP contribution in [0.15, 0.2) is 47.8 Å². The second kappa shape index (κ2) is 6.83. The van der Waals surface area contributed by atoms with Crippen LogP contribution >= 0.6 is 11.3 Å². The van der Waals surface area contributed by atoms with Crippen molar-refractivity contribution in [2.75, 3.05) is 19.7 Å². The molecule has 0 N–H and O–H groups in total. The molecule has 0 radical (unpaired) electrons. The molecule has 144 valence electrons. The van der Waals surface area contributed by atoms with Gasteiger partial charge in [0.1, 0.15) is 0 Å². The number of aromatic nitrogens is 3. The molecule has 1 unspecified atom stereocenters. The quantitative estimate of drug-likeness (QED) is 0.678. The van der Waals surface area contributed by atoms with Crippen LogP contribution < -0.4 is 0 Å². The summed E-state index contributed by atoms with van der Waals surface area (Å²) >= 11 is 1.59. The molecule has 1 aromatic carbocycles. The fourth-order valence-electron chi connectivity index (χ4n) is 3.87. The molecule has 1 saturated carbocycles. The molecule has 28 heavy (non-hydrogen) atoms. The Morgan fingerprint density at radius 1 is 1.21 bits per heavy atom. The Kier molecular flexibility index (Phi) is 4.29. The third-order valence-electron chi connectivity index (χ3n) is 5.57. The second-order valence-electron chi connectivity index (χ2n) is 7.65. The monoisotopic (exact) mass is 394 g/mol. The van der Waals surface area contributed by atoms with Crippen molar-refractivity contribution < 1.29 is 9.53 Å². The molecule has 7 heteroatoms. The van der Waals surface area contributed by atoms with E-state index in [1.54, 1.807) is 16.0 Å². The van der Waals surface area contributed by atoms with Crippen molar-refractivity contribution in [3.8, 4) is 16.4 Å². The number of nitrogens with zero attached hydrogens (tertiary/aromatic N) is 4. The molecular weight excluding hydrogens is 372 g/mol. The average Bonchev–Trinajstić information content (AvgIpc) is 3.28. The summed E-state index contributed by atoms with van der Waals surface area (Å²) in [5.41, 5.74) is 0.647. The second-order valence-corrected chi connectivity index (χ2v) is 8.59. The molecule has 1 aliphatic heterocycles. The fourth-order valence-corrected chi connectivity index (χ4v) is 4.56. The highest BCUT2D eigenvalue weighted by Gasteiger charge is 2.46. The lowest BCUT2D eigenvalue weighted by atomic mass is 9.98. The molecule has 1 aliphatic carbocycles. The molecule has 6 nitrogen and oxygen atoms in total. The summed E-state index contributed by atoms with van der Waals surface area (Å²) in [6.45, 7) is 3.87. The number of amides is 1. The SMILES string of the molecule is CC1(C2CC2)CN(C(=O)c2nc(-c3cccs3)n(-c3ccccc3)n2)CCO1. The van der Waals surface area contributed by atoms with Gasteiger partial charge in [0.25, 0.3) is 5.91 Å². The van der Waals surface area contributed by atoms with Crippen LogP contribution in [0, 0.1) is 5.92 Å². The van der Waals surface area contributed by atoms with Gasteiger partial charge < -0.3 is 9.64 Å². The fraction of sp³-hybridized carbons (Fsp3) is 0.381. The summed E-state index contributed by atoms with van der Waals surface area (Å²) in [5, 5.41) is 6.60. The van der Waals surface area contributed by atoms with E-state index in [0.717, 1.165) is 10.6 Å². The summed E-state index contributed by atoms with van der Waals surface area (Å²) in [6, 6.07) is 13.8. The number of carbonyl (C=O) groups is 1. The number of ether oxygens (including phenoxy) is 1. The third kappa shape index (κ3) is 3.14. The van der Waals surface area contributed by atoms with Gasteiger partial charge in [0.2, 0.25) is 5.82 Å². The van der Waals surface area contributed by atoms with E-state index in [4.69, 9.17) is 4.74 Å². The standard InChI is InChI=1S/C21H22N4O2S/c1-21(15-9-10-15)14-24(11-12-27-21)20(26)18-22-19(17-8-5-13-28-17)25(23-18)16-6-3-2-4-7-16/h2-8,13,15H,9-12,14H2,1H3. The molecule has 3 heterocycles. The first-order chi connectivity index (χ1) is 13.6. The molecular formula is C21H22N4O2S. The Hall–Kier alpha value is -2.51. The number of hydrogen-bond acceptors (Lipinski definition) is 5. The van der Waals surface area contributed by atoms with Crippen LogP contribution in [-0.4, -0.2) is 50.9 Å². The first-order valence-electron chi connectivity index (χ1n) is 9.64. The van der Waals surface area contributed by atoms with Crippen LogP contribution in [0.2, 0.25) is 0 Å². The van der Waals surface area contributed by atoms with E-state index in [1.807, 2.05) is 52.7 Å². The Morgan fingerprint density at radius 3 is 2.75 bits per heavy atom. The lowest BCUT2D eigenvalue weighted by Gasteiger charge is -2.40. The van der Waals surface area contributed by atoms with Crippen molar-refractivity contribution >= 4 is 17.2 Å².